The fourth-order valence-electron chi connectivity index (χ4n) is 1.24. The van der Waals surface area contributed by atoms with Crippen molar-refractivity contribution in [3.05, 3.63) is 0 Å². The van der Waals surface area contributed by atoms with Crippen molar-refractivity contribution in [2.24, 2.45) is 0 Å². The summed E-state index contributed by atoms with van der Waals surface area (Å²) in [6.07, 6.45) is 0.579. The smallest absolute Gasteiger partial charge is 0.235 e. The molecule has 0 aliphatic carbocycles. The highest BCUT2D eigenvalue weighted by Gasteiger charge is 2.38. The molecule has 0 N–H and O–H groups in total. The van der Waals surface area contributed by atoms with Crippen LogP contribution in [-0.2, 0) is 18.5 Å². The number of hydrogen-bond donors (Lipinski definition) is 0. The molecule has 12 heavy (non-hydrogen) atoms. The van der Waals surface area contributed by atoms with Gasteiger partial charge in [0, 0.05) is 30.8 Å². The Balaban J connectivity index is 2.68. The number of methoxy groups -OCH3 is 1. The zero-order valence-corrected chi connectivity index (χ0v) is 8.32. The Bertz CT molecular complexity index is 242. The quantitative estimate of drug-likeness (QED) is 0.637. The highest BCUT2D eigenvalue weighted by atomic mass is 35.7. The average Bonchev–Trinajstić information content (AvgIpc) is 2.34. The molecule has 0 aromatic heterocycles. The molecule has 72 valence electrons. The van der Waals surface area contributed by atoms with Gasteiger partial charge in [0.25, 0.3) is 0 Å². The second-order valence-corrected chi connectivity index (χ2v) is 5.65. The third-order valence-electron chi connectivity index (χ3n) is 1.94. The van der Waals surface area contributed by atoms with Gasteiger partial charge >= 0.3 is 0 Å². The van der Waals surface area contributed by atoms with Gasteiger partial charge in [-0.25, -0.2) is 8.42 Å². The first-order valence-corrected chi connectivity index (χ1v) is 6.01. The number of ether oxygens (including phenoxy) is 2. The van der Waals surface area contributed by atoms with Crippen molar-refractivity contribution in [3.63, 3.8) is 0 Å². The van der Waals surface area contributed by atoms with Crippen molar-refractivity contribution in [2.75, 3.05) is 26.1 Å². The Morgan fingerprint density at radius 3 is 2.67 bits per heavy atom. The lowest BCUT2D eigenvalue weighted by atomic mass is 10.1. The predicted molar refractivity (Wildman–Crippen MR) is 44.8 cm³/mol. The predicted octanol–water partition coefficient (Wildman–Crippen LogP) is 0.361. The minimum absolute atomic E-state index is 0.182. The largest absolute Gasteiger partial charge is 0.378 e. The SMILES string of the molecule is CO[C@]1(CS(=O)(=O)Cl)CCOC1. The summed E-state index contributed by atoms with van der Waals surface area (Å²) in [7, 11) is 3.08. The van der Waals surface area contributed by atoms with Crippen molar-refractivity contribution in [1.29, 1.82) is 0 Å². The standard InChI is InChI=1S/C6H11ClO4S/c1-10-6(2-3-11-4-6)5-12(7,8)9/h2-5H2,1H3/t6-/m1/s1. The van der Waals surface area contributed by atoms with Crippen LogP contribution in [0.3, 0.4) is 0 Å². The zero-order valence-electron chi connectivity index (χ0n) is 6.75. The Morgan fingerprint density at radius 1 is 1.67 bits per heavy atom. The summed E-state index contributed by atoms with van der Waals surface area (Å²) in [6, 6.07) is 0. The van der Waals surface area contributed by atoms with E-state index in [0.717, 1.165) is 0 Å². The molecule has 1 atom stereocenters. The molecule has 0 spiro atoms. The van der Waals surface area contributed by atoms with Crippen molar-refractivity contribution in [3.8, 4) is 0 Å². The van der Waals surface area contributed by atoms with E-state index in [9.17, 15) is 8.42 Å². The van der Waals surface area contributed by atoms with Gasteiger partial charge in [-0.1, -0.05) is 0 Å². The molecular weight excluding hydrogens is 204 g/mol. The van der Waals surface area contributed by atoms with Crippen molar-refractivity contribution < 1.29 is 17.9 Å². The van der Waals surface area contributed by atoms with Crippen LogP contribution in [-0.4, -0.2) is 40.1 Å². The first-order chi connectivity index (χ1) is 5.47. The van der Waals surface area contributed by atoms with Crippen molar-refractivity contribution >= 4 is 19.7 Å². The summed E-state index contributed by atoms with van der Waals surface area (Å²) in [5.74, 6) is -0.182. The molecule has 0 unspecified atom stereocenters. The second-order valence-electron chi connectivity index (χ2n) is 2.87. The van der Waals surface area contributed by atoms with E-state index < -0.39 is 14.7 Å². The minimum atomic E-state index is -3.51. The van der Waals surface area contributed by atoms with E-state index in [1.165, 1.54) is 7.11 Å². The van der Waals surface area contributed by atoms with Gasteiger partial charge in [0.15, 0.2) is 0 Å². The molecule has 0 aromatic rings. The third kappa shape index (κ3) is 2.58. The Morgan fingerprint density at radius 2 is 2.33 bits per heavy atom. The van der Waals surface area contributed by atoms with Crippen LogP contribution < -0.4 is 0 Å². The molecule has 0 saturated carbocycles. The highest BCUT2D eigenvalue weighted by Crippen LogP contribution is 2.25. The van der Waals surface area contributed by atoms with E-state index in [1.807, 2.05) is 0 Å². The molecule has 0 amide bonds. The molecule has 6 heteroatoms. The van der Waals surface area contributed by atoms with Gasteiger partial charge in [-0.3, -0.25) is 0 Å². The lowest BCUT2D eigenvalue weighted by Gasteiger charge is -2.23. The Kier molecular flexibility index (Phi) is 2.98. The molecule has 1 saturated heterocycles. The molecule has 1 rings (SSSR count). The van der Waals surface area contributed by atoms with Crippen LogP contribution in [0.4, 0.5) is 0 Å². The Hall–Kier alpha value is 0.160. The highest BCUT2D eigenvalue weighted by molar-refractivity contribution is 8.13. The molecule has 1 fully saturated rings. The van der Waals surface area contributed by atoms with Crippen LogP contribution in [0, 0.1) is 0 Å². The van der Waals surface area contributed by atoms with Gasteiger partial charge in [-0.15, -0.1) is 0 Å². The molecule has 0 bridgehead atoms. The normalized spacial score (nSPS) is 30.8. The topological polar surface area (TPSA) is 52.6 Å². The van der Waals surface area contributed by atoms with Crippen molar-refractivity contribution in [1.82, 2.24) is 0 Å². The number of hydrogen-bond acceptors (Lipinski definition) is 4. The van der Waals surface area contributed by atoms with E-state index in [-0.39, 0.29) is 5.75 Å². The maximum absolute atomic E-state index is 10.8. The first kappa shape index (κ1) is 10.2. The number of rotatable bonds is 3. The fraction of sp³-hybridized carbons (Fsp3) is 1.00. The number of halogens is 1. The van der Waals surface area contributed by atoms with E-state index in [2.05, 4.69) is 0 Å². The van der Waals surface area contributed by atoms with E-state index in [0.29, 0.717) is 19.6 Å². The fourth-order valence-corrected chi connectivity index (χ4v) is 2.81. The van der Waals surface area contributed by atoms with Crippen LogP contribution in [0.5, 0.6) is 0 Å². The maximum atomic E-state index is 10.8. The second kappa shape index (κ2) is 3.49. The summed E-state index contributed by atoms with van der Waals surface area (Å²) in [5, 5.41) is 0. The molecule has 1 heterocycles. The van der Waals surface area contributed by atoms with Gasteiger partial charge < -0.3 is 9.47 Å². The lowest BCUT2D eigenvalue weighted by Crippen LogP contribution is -2.38. The molecule has 4 nitrogen and oxygen atoms in total. The summed E-state index contributed by atoms with van der Waals surface area (Å²) < 4.78 is 31.7. The van der Waals surface area contributed by atoms with Crippen LogP contribution in [0.2, 0.25) is 0 Å². The average molecular weight is 215 g/mol. The third-order valence-corrected chi connectivity index (χ3v) is 3.13. The Labute approximate surface area is 76.2 Å². The monoisotopic (exact) mass is 214 g/mol. The van der Waals surface area contributed by atoms with Gasteiger partial charge in [-0.05, 0) is 0 Å². The van der Waals surface area contributed by atoms with Crippen LogP contribution in [0.15, 0.2) is 0 Å². The molecular formula is C6H11ClO4S. The molecule has 0 radical (unpaired) electrons. The summed E-state index contributed by atoms with van der Waals surface area (Å²) in [4.78, 5) is 0. The van der Waals surface area contributed by atoms with E-state index >= 15 is 0 Å². The first-order valence-electron chi connectivity index (χ1n) is 3.53. The molecule has 1 aliphatic rings. The van der Waals surface area contributed by atoms with Gasteiger partial charge in [0.1, 0.15) is 5.60 Å². The van der Waals surface area contributed by atoms with Crippen LogP contribution in [0.1, 0.15) is 6.42 Å². The van der Waals surface area contributed by atoms with E-state index in [4.69, 9.17) is 20.2 Å². The summed E-state index contributed by atoms with van der Waals surface area (Å²) in [6.45, 7) is 0.829. The van der Waals surface area contributed by atoms with Crippen LogP contribution >= 0.6 is 10.7 Å². The summed E-state index contributed by atoms with van der Waals surface area (Å²) >= 11 is 0. The maximum Gasteiger partial charge on any atom is 0.235 e. The summed E-state index contributed by atoms with van der Waals surface area (Å²) in [5.41, 5.74) is -0.722. The zero-order chi connectivity index (χ0) is 9.24. The van der Waals surface area contributed by atoms with E-state index in [1.54, 1.807) is 0 Å². The minimum Gasteiger partial charge on any atom is -0.378 e. The van der Waals surface area contributed by atoms with Gasteiger partial charge in [0.2, 0.25) is 9.05 Å². The lowest BCUT2D eigenvalue weighted by molar-refractivity contribution is 0.00137. The van der Waals surface area contributed by atoms with Crippen molar-refractivity contribution in [2.45, 2.75) is 12.0 Å². The van der Waals surface area contributed by atoms with Gasteiger partial charge in [-0.2, -0.15) is 0 Å². The molecule has 0 aromatic carbocycles. The molecule has 1 aliphatic heterocycles. The van der Waals surface area contributed by atoms with Crippen LogP contribution in [0.25, 0.3) is 0 Å². The van der Waals surface area contributed by atoms with Gasteiger partial charge in [0.05, 0.1) is 12.4 Å².